The Kier molecular flexibility index (Phi) is 4.94. The minimum atomic E-state index is -0.0778. The molecule has 0 radical (unpaired) electrons. The van der Waals surface area contributed by atoms with E-state index >= 15 is 0 Å². The van der Waals surface area contributed by atoms with Crippen LogP contribution in [-0.2, 0) is 0 Å². The summed E-state index contributed by atoms with van der Waals surface area (Å²) in [6.07, 6.45) is 3.46. The van der Waals surface area contributed by atoms with Crippen molar-refractivity contribution in [3.05, 3.63) is 82.8 Å². The molecule has 0 saturated heterocycles. The predicted octanol–water partition coefficient (Wildman–Crippen LogP) is 4.89. The maximum atomic E-state index is 13.0. The van der Waals surface area contributed by atoms with E-state index in [1.54, 1.807) is 23.7 Å². The molecule has 1 aromatic carbocycles. The minimum absolute atomic E-state index is 0.0778. The van der Waals surface area contributed by atoms with E-state index in [2.05, 4.69) is 34.1 Å². The zero-order chi connectivity index (χ0) is 18.6. The Labute approximate surface area is 161 Å². The average Bonchev–Trinajstić information content (AvgIpc) is 3.26. The van der Waals surface area contributed by atoms with Crippen LogP contribution in [0.25, 0.3) is 22.2 Å². The molecule has 0 aliphatic heterocycles. The van der Waals surface area contributed by atoms with Gasteiger partial charge in [-0.05, 0) is 52.6 Å². The van der Waals surface area contributed by atoms with Gasteiger partial charge in [-0.2, -0.15) is 11.3 Å². The first-order valence-corrected chi connectivity index (χ1v) is 9.77. The second-order valence-corrected chi connectivity index (χ2v) is 7.26. The smallest absolute Gasteiger partial charge is 0.252 e. The Balaban J connectivity index is 1.66. The second kappa shape index (κ2) is 7.68. The number of carbonyl (C=O) groups excluding carboxylic acids is 1. The van der Waals surface area contributed by atoms with Crippen molar-refractivity contribution in [2.75, 3.05) is 6.54 Å². The Morgan fingerprint density at radius 1 is 1.15 bits per heavy atom. The monoisotopic (exact) mass is 373 g/mol. The summed E-state index contributed by atoms with van der Waals surface area (Å²) in [5.74, 6) is 0.193. The van der Waals surface area contributed by atoms with Gasteiger partial charge in [0, 0.05) is 29.9 Å². The maximum absolute atomic E-state index is 13.0. The molecule has 0 aliphatic carbocycles. The van der Waals surface area contributed by atoms with E-state index in [9.17, 15) is 4.79 Å². The Hall–Kier alpha value is -3.05. The molecule has 1 unspecified atom stereocenters. The number of rotatable bonds is 5. The van der Waals surface area contributed by atoms with Gasteiger partial charge in [-0.1, -0.05) is 25.1 Å². The molecular weight excluding hydrogens is 354 g/mol. The Morgan fingerprint density at radius 3 is 2.74 bits per heavy atom. The normalized spacial score (nSPS) is 12.0. The lowest BCUT2D eigenvalue weighted by Gasteiger charge is -2.13. The zero-order valence-electron chi connectivity index (χ0n) is 14.9. The van der Waals surface area contributed by atoms with Gasteiger partial charge < -0.3 is 5.32 Å². The molecule has 134 valence electrons. The zero-order valence-corrected chi connectivity index (χ0v) is 15.7. The standard InChI is InChI=1S/C22H19N3OS/c1-15(17-8-11-27-14-17)13-24-22(26)19-12-21(16-6-9-23-10-7-16)25-20-5-3-2-4-18(19)20/h2-12,14-15H,13H2,1H3,(H,24,26). The van der Waals surface area contributed by atoms with Crippen LogP contribution in [0.15, 0.2) is 71.7 Å². The fourth-order valence-corrected chi connectivity index (χ4v) is 3.83. The largest absolute Gasteiger partial charge is 0.351 e. The van der Waals surface area contributed by atoms with Gasteiger partial charge in [0.15, 0.2) is 0 Å². The highest BCUT2D eigenvalue weighted by atomic mass is 32.1. The number of nitrogens with zero attached hydrogens (tertiary/aromatic N) is 2. The fraction of sp³-hybridized carbons (Fsp3) is 0.136. The van der Waals surface area contributed by atoms with Crippen molar-refractivity contribution in [1.29, 1.82) is 0 Å². The molecule has 0 saturated carbocycles. The van der Waals surface area contributed by atoms with E-state index < -0.39 is 0 Å². The van der Waals surface area contributed by atoms with E-state index in [1.807, 2.05) is 42.5 Å². The Morgan fingerprint density at radius 2 is 1.96 bits per heavy atom. The molecule has 1 N–H and O–H groups in total. The molecule has 3 heterocycles. The lowest BCUT2D eigenvalue weighted by molar-refractivity contribution is 0.0953. The van der Waals surface area contributed by atoms with Crippen LogP contribution in [0.1, 0.15) is 28.8 Å². The number of carbonyl (C=O) groups is 1. The first-order chi connectivity index (χ1) is 13.2. The van der Waals surface area contributed by atoms with E-state index in [4.69, 9.17) is 4.98 Å². The van der Waals surface area contributed by atoms with Crippen molar-refractivity contribution in [3.8, 4) is 11.3 Å². The van der Waals surface area contributed by atoms with Crippen LogP contribution in [0.2, 0.25) is 0 Å². The van der Waals surface area contributed by atoms with Crippen molar-refractivity contribution in [2.45, 2.75) is 12.8 Å². The molecule has 4 rings (SSSR count). The number of aromatic nitrogens is 2. The van der Waals surface area contributed by atoms with E-state index in [1.165, 1.54) is 5.56 Å². The van der Waals surface area contributed by atoms with Crippen LogP contribution in [-0.4, -0.2) is 22.4 Å². The van der Waals surface area contributed by atoms with Gasteiger partial charge in [-0.25, -0.2) is 4.98 Å². The molecule has 1 amide bonds. The maximum Gasteiger partial charge on any atom is 0.252 e. The van der Waals surface area contributed by atoms with Crippen molar-refractivity contribution in [2.24, 2.45) is 0 Å². The third kappa shape index (κ3) is 3.73. The predicted molar refractivity (Wildman–Crippen MR) is 110 cm³/mol. The summed E-state index contributed by atoms with van der Waals surface area (Å²) < 4.78 is 0. The lowest BCUT2D eigenvalue weighted by Crippen LogP contribution is -2.27. The molecule has 3 aromatic heterocycles. The number of benzene rings is 1. The van der Waals surface area contributed by atoms with Gasteiger partial charge in [-0.3, -0.25) is 9.78 Å². The van der Waals surface area contributed by atoms with Crippen LogP contribution in [0.4, 0.5) is 0 Å². The molecule has 27 heavy (non-hydrogen) atoms. The highest BCUT2D eigenvalue weighted by Gasteiger charge is 2.15. The Bertz CT molecular complexity index is 1060. The summed E-state index contributed by atoms with van der Waals surface area (Å²) in [4.78, 5) is 21.7. The molecule has 0 spiro atoms. The van der Waals surface area contributed by atoms with Crippen LogP contribution < -0.4 is 5.32 Å². The quantitative estimate of drug-likeness (QED) is 0.542. The van der Waals surface area contributed by atoms with Crippen molar-refractivity contribution >= 4 is 28.1 Å². The number of para-hydroxylation sites is 1. The molecule has 0 fully saturated rings. The summed E-state index contributed by atoms with van der Waals surface area (Å²) in [7, 11) is 0. The highest BCUT2D eigenvalue weighted by Crippen LogP contribution is 2.25. The third-order valence-corrected chi connectivity index (χ3v) is 5.32. The molecule has 0 bridgehead atoms. The SMILES string of the molecule is CC(CNC(=O)c1cc(-c2ccncc2)nc2ccccc12)c1ccsc1. The van der Waals surface area contributed by atoms with Gasteiger partial charge in [0.2, 0.25) is 0 Å². The number of nitrogens with one attached hydrogen (secondary N) is 1. The molecule has 5 heteroatoms. The first kappa shape index (κ1) is 17.4. The van der Waals surface area contributed by atoms with Crippen LogP contribution in [0.5, 0.6) is 0 Å². The van der Waals surface area contributed by atoms with Crippen molar-refractivity contribution in [1.82, 2.24) is 15.3 Å². The van der Waals surface area contributed by atoms with Gasteiger partial charge in [0.05, 0.1) is 16.8 Å². The minimum Gasteiger partial charge on any atom is -0.351 e. The van der Waals surface area contributed by atoms with E-state index in [0.29, 0.717) is 12.1 Å². The topological polar surface area (TPSA) is 54.9 Å². The molecule has 4 nitrogen and oxygen atoms in total. The van der Waals surface area contributed by atoms with Crippen LogP contribution in [0.3, 0.4) is 0 Å². The second-order valence-electron chi connectivity index (χ2n) is 6.48. The van der Waals surface area contributed by atoms with Gasteiger partial charge in [0.25, 0.3) is 5.91 Å². The van der Waals surface area contributed by atoms with Crippen LogP contribution >= 0.6 is 11.3 Å². The number of pyridine rings is 2. The summed E-state index contributed by atoms with van der Waals surface area (Å²) in [5.41, 5.74) is 4.41. The number of fused-ring (bicyclic) bond motifs is 1. The van der Waals surface area contributed by atoms with Gasteiger partial charge >= 0.3 is 0 Å². The summed E-state index contributed by atoms with van der Waals surface area (Å²) in [5, 5.41) is 8.13. The van der Waals surface area contributed by atoms with E-state index in [0.717, 1.165) is 22.2 Å². The first-order valence-electron chi connectivity index (χ1n) is 8.83. The van der Waals surface area contributed by atoms with Crippen LogP contribution in [0, 0.1) is 0 Å². The molecule has 4 aromatic rings. The third-order valence-electron chi connectivity index (χ3n) is 4.62. The summed E-state index contributed by atoms with van der Waals surface area (Å²) in [6.45, 7) is 2.71. The number of hydrogen-bond acceptors (Lipinski definition) is 4. The van der Waals surface area contributed by atoms with E-state index in [-0.39, 0.29) is 11.8 Å². The number of amides is 1. The highest BCUT2D eigenvalue weighted by molar-refractivity contribution is 7.07. The molecular formula is C22H19N3OS. The molecule has 1 atom stereocenters. The van der Waals surface area contributed by atoms with Crippen molar-refractivity contribution < 1.29 is 4.79 Å². The van der Waals surface area contributed by atoms with Gasteiger partial charge in [-0.15, -0.1) is 0 Å². The average molecular weight is 373 g/mol. The summed E-state index contributed by atoms with van der Waals surface area (Å²) >= 11 is 1.67. The number of thiophene rings is 1. The fourth-order valence-electron chi connectivity index (χ4n) is 3.05. The number of hydrogen-bond donors (Lipinski definition) is 1. The molecule has 0 aliphatic rings. The van der Waals surface area contributed by atoms with Gasteiger partial charge in [0.1, 0.15) is 0 Å². The summed E-state index contributed by atoms with van der Waals surface area (Å²) in [6, 6.07) is 15.5. The lowest BCUT2D eigenvalue weighted by atomic mass is 10.0. The van der Waals surface area contributed by atoms with Crippen molar-refractivity contribution in [3.63, 3.8) is 0 Å².